The van der Waals surface area contributed by atoms with Crippen molar-refractivity contribution in [2.75, 3.05) is 46.4 Å². The Bertz CT molecular complexity index is 574. The molecule has 0 bridgehead atoms. The van der Waals surface area contributed by atoms with Gasteiger partial charge in [0.2, 0.25) is 0 Å². The first-order valence-electron chi connectivity index (χ1n) is 7.93. The molecule has 23 heavy (non-hydrogen) atoms. The lowest BCUT2D eigenvalue weighted by Gasteiger charge is -2.32. The highest BCUT2D eigenvalue weighted by Crippen LogP contribution is 2.37. The van der Waals surface area contributed by atoms with E-state index in [1.807, 2.05) is 17.0 Å². The largest absolute Gasteiger partial charge is 0.489 e. The molecule has 1 saturated heterocycles. The Hall–Kier alpha value is -1.66. The van der Waals surface area contributed by atoms with Gasteiger partial charge in [-0.15, -0.1) is 0 Å². The van der Waals surface area contributed by atoms with Crippen LogP contribution in [-0.4, -0.2) is 62.3 Å². The van der Waals surface area contributed by atoms with Crippen LogP contribution >= 0.6 is 11.6 Å². The smallest absolute Gasteiger partial charge is 0.317 e. The summed E-state index contributed by atoms with van der Waals surface area (Å²) in [5, 5.41) is 3.47. The summed E-state index contributed by atoms with van der Waals surface area (Å²) in [7, 11) is 2.06. The summed E-state index contributed by atoms with van der Waals surface area (Å²) >= 11 is 6.27. The molecule has 3 rings (SSSR count). The number of nitrogens with one attached hydrogen (secondary N) is 1. The van der Waals surface area contributed by atoms with Gasteiger partial charge in [0.25, 0.3) is 0 Å². The van der Waals surface area contributed by atoms with Crippen LogP contribution in [0.3, 0.4) is 0 Å². The number of carbonyl (C=O) groups is 1. The molecule has 2 aliphatic rings. The maximum atomic E-state index is 12.2. The number of hydrogen-bond donors (Lipinski definition) is 1. The quantitative estimate of drug-likeness (QED) is 0.895. The zero-order valence-corrected chi connectivity index (χ0v) is 14.1. The summed E-state index contributed by atoms with van der Waals surface area (Å²) in [5.41, 5.74) is 0.904. The first-order valence-corrected chi connectivity index (χ1v) is 8.30. The molecule has 0 aliphatic carbocycles. The first kappa shape index (κ1) is 16.2. The van der Waals surface area contributed by atoms with Crippen LogP contribution in [0.4, 0.5) is 4.79 Å². The van der Waals surface area contributed by atoms with E-state index in [4.69, 9.17) is 21.1 Å². The summed E-state index contributed by atoms with van der Waals surface area (Å²) in [4.78, 5) is 16.3. The van der Waals surface area contributed by atoms with Crippen molar-refractivity contribution in [3.63, 3.8) is 0 Å². The summed E-state index contributed by atoms with van der Waals surface area (Å²) in [6.07, 6.45) is 0.834. The predicted molar refractivity (Wildman–Crippen MR) is 88.4 cm³/mol. The second-order valence-electron chi connectivity index (χ2n) is 5.90. The molecule has 6 nitrogen and oxygen atoms in total. The topological polar surface area (TPSA) is 54.0 Å². The monoisotopic (exact) mass is 339 g/mol. The highest BCUT2D eigenvalue weighted by Gasteiger charge is 2.19. The number of halogens is 1. The van der Waals surface area contributed by atoms with Crippen molar-refractivity contribution in [1.29, 1.82) is 0 Å². The molecule has 1 N–H and O–H groups in total. The number of benzene rings is 1. The fourth-order valence-electron chi connectivity index (χ4n) is 2.69. The minimum absolute atomic E-state index is 0.0404. The van der Waals surface area contributed by atoms with Crippen LogP contribution in [-0.2, 0) is 6.54 Å². The number of carbonyl (C=O) groups excluding carboxylic acids is 1. The van der Waals surface area contributed by atoms with Crippen molar-refractivity contribution in [2.24, 2.45) is 0 Å². The Morgan fingerprint density at radius 1 is 1.22 bits per heavy atom. The normalized spacial score (nSPS) is 18.4. The van der Waals surface area contributed by atoms with E-state index in [2.05, 4.69) is 17.3 Å². The average molecular weight is 340 g/mol. The zero-order chi connectivity index (χ0) is 16.2. The molecule has 2 heterocycles. The minimum Gasteiger partial charge on any atom is -0.489 e. The standard InChI is InChI=1S/C16H22ClN3O3/c1-19-3-5-20(6-4-19)16(21)18-11-12-9-13(17)15-14(10-12)22-7-2-8-23-15/h9-10H,2-8,11H2,1H3,(H,18,21). The summed E-state index contributed by atoms with van der Waals surface area (Å²) in [6.45, 7) is 4.95. The molecule has 0 unspecified atom stereocenters. The summed E-state index contributed by atoms with van der Waals surface area (Å²) in [5.74, 6) is 1.25. The van der Waals surface area contributed by atoms with Gasteiger partial charge in [-0.1, -0.05) is 11.6 Å². The minimum atomic E-state index is -0.0404. The fourth-order valence-corrected chi connectivity index (χ4v) is 2.97. The average Bonchev–Trinajstić information content (AvgIpc) is 2.79. The predicted octanol–water partition coefficient (Wildman–Crippen LogP) is 1.96. The van der Waals surface area contributed by atoms with Crippen molar-refractivity contribution >= 4 is 17.6 Å². The maximum absolute atomic E-state index is 12.2. The molecule has 0 atom stereocenters. The van der Waals surface area contributed by atoms with Gasteiger partial charge in [-0.2, -0.15) is 0 Å². The van der Waals surface area contributed by atoms with Crippen LogP contribution in [0.5, 0.6) is 11.5 Å². The molecule has 126 valence electrons. The Balaban J connectivity index is 1.61. The first-order chi connectivity index (χ1) is 11.1. The van der Waals surface area contributed by atoms with Gasteiger partial charge in [-0.25, -0.2) is 4.79 Å². The molecule has 1 aromatic carbocycles. The number of rotatable bonds is 2. The molecular formula is C16H22ClN3O3. The molecule has 2 amide bonds. The van der Waals surface area contributed by atoms with Gasteiger partial charge in [0.1, 0.15) is 0 Å². The number of hydrogen-bond acceptors (Lipinski definition) is 4. The number of fused-ring (bicyclic) bond motifs is 1. The highest BCUT2D eigenvalue weighted by molar-refractivity contribution is 6.32. The van der Waals surface area contributed by atoms with E-state index in [0.717, 1.165) is 38.2 Å². The van der Waals surface area contributed by atoms with Gasteiger partial charge in [-0.3, -0.25) is 0 Å². The highest BCUT2D eigenvalue weighted by atomic mass is 35.5. The molecule has 0 saturated carbocycles. The zero-order valence-electron chi connectivity index (χ0n) is 13.3. The van der Waals surface area contributed by atoms with Crippen LogP contribution in [0.1, 0.15) is 12.0 Å². The van der Waals surface area contributed by atoms with E-state index in [9.17, 15) is 4.79 Å². The molecule has 0 spiro atoms. The Kier molecular flexibility index (Phi) is 5.13. The lowest BCUT2D eigenvalue weighted by molar-refractivity contribution is 0.154. The van der Waals surface area contributed by atoms with Crippen LogP contribution in [0, 0.1) is 0 Å². The maximum Gasteiger partial charge on any atom is 0.317 e. The molecule has 2 aliphatic heterocycles. The van der Waals surface area contributed by atoms with Gasteiger partial charge >= 0.3 is 6.03 Å². The second kappa shape index (κ2) is 7.27. The summed E-state index contributed by atoms with van der Waals surface area (Å²) in [6, 6.07) is 3.66. The Morgan fingerprint density at radius 3 is 2.74 bits per heavy atom. The van der Waals surface area contributed by atoms with E-state index >= 15 is 0 Å². The van der Waals surface area contributed by atoms with E-state index in [1.165, 1.54) is 0 Å². The number of nitrogens with zero attached hydrogens (tertiary/aromatic N) is 2. The van der Waals surface area contributed by atoms with Crippen LogP contribution in [0.25, 0.3) is 0 Å². The van der Waals surface area contributed by atoms with Crippen molar-refractivity contribution in [3.05, 3.63) is 22.7 Å². The third-order valence-corrected chi connectivity index (χ3v) is 4.38. The Labute approximate surface area is 141 Å². The van der Waals surface area contributed by atoms with Gasteiger partial charge < -0.3 is 24.6 Å². The van der Waals surface area contributed by atoms with Gasteiger partial charge in [0.05, 0.1) is 18.2 Å². The molecule has 1 aromatic rings. The molecule has 1 fully saturated rings. The third kappa shape index (κ3) is 4.00. The van der Waals surface area contributed by atoms with Crippen LogP contribution in [0.2, 0.25) is 5.02 Å². The van der Waals surface area contributed by atoms with E-state index < -0.39 is 0 Å². The van der Waals surface area contributed by atoms with Crippen molar-refractivity contribution in [1.82, 2.24) is 15.1 Å². The van der Waals surface area contributed by atoms with E-state index in [-0.39, 0.29) is 6.03 Å². The number of likely N-dealkylation sites (N-methyl/N-ethyl adjacent to an activating group) is 1. The number of piperazine rings is 1. The number of urea groups is 1. The molecule has 7 heteroatoms. The van der Waals surface area contributed by atoms with Crippen molar-refractivity contribution in [3.8, 4) is 11.5 Å². The van der Waals surface area contributed by atoms with Crippen LogP contribution in [0.15, 0.2) is 12.1 Å². The SMILES string of the molecule is CN1CCN(C(=O)NCc2cc(Cl)c3c(c2)OCCCO3)CC1. The van der Waals surface area contributed by atoms with Crippen molar-refractivity contribution < 1.29 is 14.3 Å². The van der Waals surface area contributed by atoms with Crippen LogP contribution < -0.4 is 14.8 Å². The van der Waals surface area contributed by atoms with Crippen molar-refractivity contribution in [2.45, 2.75) is 13.0 Å². The molecule has 0 radical (unpaired) electrons. The van der Waals surface area contributed by atoms with E-state index in [1.54, 1.807) is 0 Å². The van der Waals surface area contributed by atoms with E-state index in [0.29, 0.717) is 36.3 Å². The second-order valence-corrected chi connectivity index (χ2v) is 6.31. The third-order valence-electron chi connectivity index (χ3n) is 4.10. The Morgan fingerprint density at radius 2 is 1.96 bits per heavy atom. The fraction of sp³-hybridized carbons (Fsp3) is 0.562. The molecule has 0 aromatic heterocycles. The molecular weight excluding hydrogens is 318 g/mol. The van der Waals surface area contributed by atoms with Gasteiger partial charge in [0.15, 0.2) is 11.5 Å². The number of amides is 2. The lowest BCUT2D eigenvalue weighted by Crippen LogP contribution is -2.50. The van der Waals surface area contributed by atoms with Gasteiger partial charge in [-0.05, 0) is 24.7 Å². The number of ether oxygens (including phenoxy) is 2. The summed E-state index contributed by atoms with van der Waals surface area (Å²) < 4.78 is 11.3. The van der Waals surface area contributed by atoms with Gasteiger partial charge in [0, 0.05) is 39.1 Å². The lowest BCUT2D eigenvalue weighted by atomic mass is 10.2.